The van der Waals surface area contributed by atoms with E-state index in [9.17, 15) is 13.2 Å². The smallest absolute Gasteiger partial charge is 0.243 e. The molecule has 2 unspecified atom stereocenters. The zero-order valence-electron chi connectivity index (χ0n) is 24.4. The Morgan fingerprint density at radius 1 is 1.07 bits per heavy atom. The number of aromatic nitrogens is 1. The van der Waals surface area contributed by atoms with Crippen LogP contribution in [-0.4, -0.2) is 42.3 Å². The van der Waals surface area contributed by atoms with Gasteiger partial charge in [0, 0.05) is 55.6 Å². The molecule has 2 atom stereocenters. The van der Waals surface area contributed by atoms with Gasteiger partial charge in [-0.2, -0.15) is 4.31 Å². The number of nitrogens with zero attached hydrogens (tertiary/aromatic N) is 2. The molecule has 0 spiro atoms. The summed E-state index contributed by atoms with van der Waals surface area (Å²) in [5.74, 6) is -0.136. The Balaban J connectivity index is 1.26. The molecule has 5 rings (SSSR count). The van der Waals surface area contributed by atoms with Crippen LogP contribution in [0.2, 0.25) is 5.02 Å². The summed E-state index contributed by atoms with van der Waals surface area (Å²) in [6.07, 6.45) is 4.56. The summed E-state index contributed by atoms with van der Waals surface area (Å²) in [7, 11) is -3.86. The summed E-state index contributed by atoms with van der Waals surface area (Å²) in [4.78, 5) is 13.6. The Labute approximate surface area is 249 Å². The molecule has 0 saturated heterocycles. The van der Waals surface area contributed by atoms with Gasteiger partial charge in [0.25, 0.3) is 0 Å². The number of carbonyl (C=O) groups excluding carboxylic acids is 1. The van der Waals surface area contributed by atoms with Crippen LogP contribution in [0, 0.1) is 12.3 Å². The third-order valence-corrected chi connectivity index (χ3v) is 10.4. The topological polar surface area (TPSA) is 83.4 Å². The first kappa shape index (κ1) is 29.8. The van der Waals surface area contributed by atoms with Crippen molar-refractivity contribution in [1.82, 2.24) is 19.5 Å². The van der Waals surface area contributed by atoms with Crippen LogP contribution in [0.4, 0.5) is 0 Å². The molecule has 7 nitrogen and oxygen atoms in total. The van der Waals surface area contributed by atoms with E-state index in [-0.39, 0.29) is 35.2 Å². The Kier molecular flexibility index (Phi) is 8.67. The fourth-order valence-corrected chi connectivity index (χ4v) is 7.75. The molecule has 0 radical (unpaired) electrons. The Morgan fingerprint density at radius 3 is 2.63 bits per heavy atom. The van der Waals surface area contributed by atoms with Gasteiger partial charge in [-0.1, -0.05) is 56.6 Å². The highest BCUT2D eigenvalue weighted by Crippen LogP contribution is 2.35. The van der Waals surface area contributed by atoms with Gasteiger partial charge in [0.15, 0.2) is 0 Å². The minimum absolute atomic E-state index is 0.0243. The zero-order valence-corrected chi connectivity index (χ0v) is 26.0. The number of halogens is 1. The standard InChI is InChI=1S/C32H41ClN4O3S/c1-22-7-12-27(18-28(22)33)41(39,40)37-15-14-36-13-5-6-29(36)30(37)19-31(38)35-26-11-10-24-16-23(8-9-25(24)17-26)20-34-21-32(2,3)4/h5-9,12-13,16,18,26,30,34H,10-11,14-15,17,19-21H2,1-4H3,(H,35,38). The van der Waals surface area contributed by atoms with Crippen molar-refractivity contribution in [3.63, 3.8) is 0 Å². The number of nitrogens with one attached hydrogen (secondary N) is 2. The second-order valence-corrected chi connectivity index (χ2v) is 14.9. The number of fused-ring (bicyclic) bond motifs is 2. The molecule has 220 valence electrons. The number of aryl methyl sites for hydroxylation is 2. The average molecular weight is 597 g/mol. The average Bonchev–Trinajstić information content (AvgIpc) is 3.39. The molecule has 3 aromatic rings. The van der Waals surface area contributed by atoms with E-state index in [1.54, 1.807) is 12.1 Å². The third kappa shape index (κ3) is 6.88. The maximum Gasteiger partial charge on any atom is 0.243 e. The van der Waals surface area contributed by atoms with E-state index in [1.165, 1.54) is 27.1 Å². The lowest BCUT2D eigenvalue weighted by atomic mass is 9.87. The van der Waals surface area contributed by atoms with Crippen LogP contribution in [0.3, 0.4) is 0 Å². The van der Waals surface area contributed by atoms with Crippen LogP contribution in [0.1, 0.15) is 67.6 Å². The van der Waals surface area contributed by atoms with E-state index in [0.717, 1.165) is 43.6 Å². The molecule has 41 heavy (non-hydrogen) atoms. The number of rotatable bonds is 8. The van der Waals surface area contributed by atoms with E-state index >= 15 is 0 Å². The van der Waals surface area contributed by atoms with Gasteiger partial charge in [-0.15, -0.1) is 0 Å². The molecule has 0 fully saturated rings. The van der Waals surface area contributed by atoms with E-state index in [4.69, 9.17) is 11.6 Å². The van der Waals surface area contributed by atoms with Gasteiger partial charge < -0.3 is 15.2 Å². The Hall–Kier alpha value is -2.65. The molecule has 0 saturated carbocycles. The van der Waals surface area contributed by atoms with Gasteiger partial charge in [0.05, 0.1) is 10.9 Å². The second-order valence-electron chi connectivity index (χ2n) is 12.6. The molecule has 1 aliphatic carbocycles. The largest absolute Gasteiger partial charge is 0.353 e. The van der Waals surface area contributed by atoms with E-state index in [0.29, 0.717) is 11.6 Å². The van der Waals surface area contributed by atoms with E-state index in [1.807, 2.05) is 29.8 Å². The summed E-state index contributed by atoms with van der Waals surface area (Å²) in [6, 6.07) is 14.7. The molecule has 1 amide bonds. The maximum absolute atomic E-state index is 13.8. The molecule has 2 aromatic carbocycles. The highest BCUT2D eigenvalue weighted by Gasteiger charge is 2.38. The first-order valence-corrected chi connectivity index (χ1v) is 16.3. The predicted octanol–water partition coefficient (Wildman–Crippen LogP) is 5.40. The second kappa shape index (κ2) is 11.9. The van der Waals surface area contributed by atoms with Crippen LogP contribution in [0.5, 0.6) is 0 Å². The van der Waals surface area contributed by atoms with Crippen LogP contribution in [0.15, 0.2) is 59.6 Å². The zero-order chi connectivity index (χ0) is 29.4. The number of hydrogen-bond acceptors (Lipinski definition) is 4. The molecule has 0 bridgehead atoms. The summed E-state index contributed by atoms with van der Waals surface area (Å²) in [5.41, 5.74) is 5.80. The fourth-order valence-electron chi connectivity index (χ4n) is 5.89. The molecule has 2 N–H and O–H groups in total. The van der Waals surface area contributed by atoms with Gasteiger partial charge in [-0.05, 0) is 78.1 Å². The molecule has 1 aromatic heterocycles. The first-order valence-electron chi connectivity index (χ1n) is 14.4. The highest BCUT2D eigenvalue weighted by molar-refractivity contribution is 7.89. The highest BCUT2D eigenvalue weighted by atomic mass is 35.5. The number of hydrogen-bond donors (Lipinski definition) is 2. The molecule has 9 heteroatoms. The van der Waals surface area contributed by atoms with Crippen LogP contribution in [0.25, 0.3) is 0 Å². The summed E-state index contributed by atoms with van der Waals surface area (Å²) >= 11 is 6.28. The lowest BCUT2D eigenvalue weighted by molar-refractivity contribution is -0.123. The summed E-state index contributed by atoms with van der Waals surface area (Å²) < 4.78 is 31.0. The van der Waals surface area contributed by atoms with Crippen molar-refractivity contribution in [3.05, 3.63) is 87.7 Å². The van der Waals surface area contributed by atoms with Gasteiger partial charge in [0.1, 0.15) is 0 Å². The van der Waals surface area contributed by atoms with Gasteiger partial charge in [-0.25, -0.2) is 8.42 Å². The van der Waals surface area contributed by atoms with Gasteiger partial charge in [-0.3, -0.25) is 4.79 Å². The van der Waals surface area contributed by atoms with Gasteiger partial charge in [0.2, 0.25) is 15.9 Å². The summed E-state index contributed by atoms with van der Waals surface area (Å²) in [6.45, 7) is 11.2. The van der Waals surface area contributed by atoms with E-state index in [2.05, 4.69) is 49.6 Å². The van der Waals surface area contributed by atoms with Crippen molar-refractivity contribution in [1.29, 1.82) is 0 Å². The quantitative estimate of drug-likeness (QED) is 0.365. The third-order valence-electron chi connectivity index (χ3n) is 8.09. The lowest BCUT2D eigenvalue weighted by Gasteiger charge is -2.36. The minimum Gasteiger partial charge on any atom is -0.353 e. The Morgan fingerprint density at radius 2 is 1.88 bits per heavy atom. The molecular weight excluding hydrogens is 556 g/mol. The van der Waals surface area contributed by atoms with Gasteiger partial charge >= 0.3 is 0 Å². The Bertz CT molecular complexity index is 1530. The first-order chi connectivity index (χ1) is 19.4. The predicted molar refractivity (Wildman–Crippen MR) is 163 cm³/mol. The molecule has 2 heterocycles. The molecular formula is C32H41ClN4O3S. The van der Waals surface area contributed by atoms with Crippen molar-refractivity contribution in [2.75, 3.05) is 13.1 Å². The van der Waals surface area contributed by atoms with Crippen LogP contribution < -0.4 is 10.6 Å². The summed E-state index contributed by atoms with van der Waals surface area (Å²) in [5, 5.41) is 7.17. The molecule has 1 aliphatic heterocycles. The van der Waals surface area contributed by atoms with Crippen molar-refractivity contribution >= 4 is 27.5 Å². The fraction of sp³-hybridized carbons (Fsp3) is 0.469. The number of carbonyl (C=O) groups is 1. The van der Waals surface area contributed by atoms with Crippen LogP contribution >= 0.6 is 11.6 Å². The number of amides is 1. The van der Waals surface area contributed by atoms with Crippen molar-refractivity contribution in [3.8, 4) is 0 Å². The maximum atomic E-state index is 13.8. The normalized spacial score (nSPS) is 19.4. The lowest BCUT2D eigenvalue weighted by Crippen LogP contribution is -2.45. The van der Waals surface area contributed by atoms with Crippen molar-refractivity contribution < 1.29 is 13.2 Å². The number of sulfonamides is 1. The SMILES string of the molecule is Cc1ccc(S(=O)(=O)N2CCn3cccc3C2CC(=O)NC2CCc3cc(CNCC(C)(C)C)ccc3C2)cc1Cl. The van der Waals surface area contributed by atoms with Crippen molar-refractivity contribution in [2.45, 2.75) is 83.4 Å². The van der Waals surface area contributed by atoms with E-state index < -0.39 is 16.1 Å². The number of benzene rings is 2. The van der Waals surface area contributed by atoms with Crippen molar-refractivity contribution in [2.24, 2.45) is 5.41 Å². The van der Waals surface area contributed by atoms with Crippen LogP contribution in [-0.2, 0) is 40.7 Å². The molecule has 2 aliphatic rings. The monoisotopic (exact) mass is 596 g/mol. The minimum atomic E-state index is -3.86.